The highest BCUT2D eigenvalue weighted by molar-refractivity contribution is 5.99. The molecule has 0 unspecified atom stereocenters. The quantitative estimate of drug-likeness (QED) is 0.747. The number of hydrogen-bond donors (Lipinski definition) is 2. The van der Waals surface area contributed by atoms with Crippen LogP contribution in [0.2, 0.25) is 0 Å². The number of nitrogens with zero attached hydrogens (tertiary/aromatic N) is 1. The van der Waals surface area contributed by atoms with Gasteiger partial charge in [-0.3, -0.25) is 4.79 Å². The number of rotatable bonds is 6. The number of nitrogens with one attached hydrogen (secondary N) is 2. The van der Waals surface area contributed by atoms with Gasteiger partial charge in [0.05, 0.1) is 18.8 Å². The molecule has 0 radical (unpaired) electrons. The molecule has 1 atom stereocenters. The minimum Gasteiger partial charge on any atom is -0.449 e. The summed E-state index contributed by atoms with van der Waals surface area (Å²) in [5.41, 5.74) is 2.78. The largest absolute Gasteiger partial charge is 0.449 e. The first kappa shape index (κ1) is 19.7. The number of carbonyl (C=O) groups is 2. The number of carbonyl (C=O) groups excluding carboxylic acids is 2. The van der Waals surface area contributed by atoms with Crippen molar-refractivity contribution >= 4 is 28.9 Å². The number of morpholine rings is 1. The van der Waals surface area contributed by atoms with Crippen molar-refractivity contribution in [1.29, 1.82) is 0 Å². The van der Waals surface area contributed by atoms with Gasteiger partial charge in [-0.05, 0) is 43.3 Å². The minimum absolute atomic E-state index is 0.380. The summed E-state index contributed by atoms with van der Waals surface area (Å²) in [4.78, 5) is 27.0. The molecule has 2 aromatic carbocycles. The van der Waals surface area contributed by atoms with Gasteiger partial charge in [0.15, 0.2) is 6.10 Å². The second-order valence-electron chi connectivity index (χ2n) is 6.48. The highest BCUT2D eigenvalue weighted by Gasteiger charge is 2.21. The molecular formula is C21H25N3O4. The predicted molar refractivity (Wildman–Crippen MR) is 109 cm³/mol. The van der Waals surface area contributed by atoms with Gasteiger partial charge in [-0.1, -0.05) is 12.1 Å². The lowest BCUT2D eigenvalue weighted by atomic mass is 10.2. The summed E-state index contributed by atoms with van der Waals surface area (Å²) in [5.74, 6) is -0.926. The fourth-order valence-electron chi connectivity index (χ4n) is 2.98. The second kappa shape index (κ2) is 9.23. The summed E-state index contributed by atoms with van der Waals surface area (Å²) in [6, 6.07) is 14.6. The third kappa shape index (κ3) is 4.80. The van der Waals surface area contributed by atoms with Gasteiger partial charge in [0.2, 0.25) is 0 Å². The second-order valence-corrected chi connectivity index (χ2v) is 6.48. The lowest BCUT2D eigenvalue weighted by molar-refractivity contribution is -0.123. The molecule has 1 amide bonds. The average molecular weight is 383 g/mol. The standard InChI is InChI=1S/C21H25N3O4/c1-15(28-21(26)18-5-3-4-6-19(18)22-2)20(25)23-16-7-9-17(10-8-16)24-11-13-27-14-12-24/h3-10,15,22H,11-14H2,1-2H3,(H,23,25)/t15-/m0/s1. The molecule has 1 saturated heterocycles. The van der Waals surface area contributed by atoms with Crippen LogP contribution >= 0.6 is 0 Å². The van der Waals surface area contributed by atoms with Crippen LogP contribution in [0.1, 0.15) is 17.3 Å². The zero-order valence-corrected chi connectivity index (χ0v) is 16.1. The Morgan fingerprint density at radius 1 is 1.07 bits per heavy atom. The molecule has 2 N–H and O–H groups in total. The van der Waals surface area contributed by atoms with E-state index in [4.69, 9.17) is 9.47 Å². The maximum Gasteiger partial charge on any atom is 0.341 e. The molecule has 0 bridgehead atoms. The third-order valence-electron chi connectivity index (χ3n) is 4.58. The van der Waals surface area contributed by atoms with Gasteiger partial charge in [-0.25, -0.2) is 4.79 Å². The van der Waals surface area contributed by atoms with Crippen molar-refractivity contribution in [2.75, 3.05) is 48.9 Å². The molecule has 0 saturated carbocycles. The molecule has 7 nitrogen and oxygen atoms in total. The van der Waals surface area contributed by atoms with Crippen molar-refractivity contribution in [1.82, 2.24) is 0 Å². The fraction of sp³-hybridized carbons (Fsp3) is 0.333. The van der Waals surface area contributed by atoms with Crippen molar-refractivity contribution in [3.05, 3.63) is 54.1 Å². The van der Waals surface area contributed by atoms with Crippen molar-refractivity contribution in [2.24, 2.45) is 0 Å². The Kier molecular flexibility index (Phi) is 6.49. The van der Waals surface area contributed by atoms with Crippen molar-refractivity contribution in [3.63, 3.8) is 0 Å². The van der Waals surface area contributed by atoms with Crippen LogP contribution in [0, 0.1) is 0 Å². The molecule has 1 fully saturated rings. The van der Waals surface area contributed by atoms with E-state index in [1.54, 1.807) is 32.2 Å². The molecule has 2 aromatic rings. The Morgan fingerprint density at radius 3 is 2.43 bits per heavy atom. The molecule has 148 valence electrons. The first-order valence-corrected chi connectivity index (χ1v) is 9.30. The number of benzene rings is 2. The van der Waals surface area contributed by atoms with Crippen LogP contribution in [0.4, 0.5) is 17.1 Å². The Morgan fingerprint density at radius 2 is 1.75 bits per heavy atom. The van der Waals surface area contributed by atoms with E-state index in [1.165, 1.54) is 0 Å². The van der Waals surface area contributed by atoms with Gasteiger partial charge >= 0.3 is 5.97 Å². The van der Waals surface area contributed by atoms with E-state index in [9.17, 15) is 9.59 Å². The lowest BCUT2D eigenvalue weighted by Crippen LogP contribution is -2.36. The van der Waals surface area contributed by atoms with E-state index in [-0.39, 0.29) is 5.91 Å². The van der Waals surface area contributed by atoms with Crippen LogP contribution < -0.4 is 15.5 Å². The molecule has 7 heteroatoms. The molecular weight excluding hydrogens is 358 g/mol. The van der Waals surface area contributed by atoms with Crippen molar-refractivity contribution < 1.29 is 19.1 Å². The third-order valence-corrected chi connectivity index (χ3v) is 4.58. The van der Waals surface area contributed by atoms with Gasteiger partial charge in [0.25, 0.3) is 5.91 Å². The lowest BCUT2D eigenvalue weighted by Gasteiger charge is -2.28. The number of hydrogen-bond acceptors (Lipinski definition) is 6. The summed E-state index contributed by atoms with van der Waals surface area (Å²) in [6.45, 7) is 4.70. The normalized spacial score (nSPS) is 14.9. The topological polar surface area (TPSA) is 79.9 Å². The maximum atomic E-state index is 12.4. The van der Waals surface area contributed by atoms with E-state index in [1.807, 2.05) is 30.3 Å². The Labute approximate surface area is 164 Å². The van der Waals surface area contributed by atoms with Crippen LogP contribution in [-0.2, 0) is 14.3 Å². The summed E-state index contributed by atoms with van der Waals surface area (Å²) >= 11 is 0. The van der Waals surface area contributed by atoms with E-state index >= 15 is 0 Å². The molecule has 1 heterocycles. The van der Waals surface area contributed by atoms with Crippen LogP contribution in [0.25, 0.3) is 0 Å². The molecule has 3 rings (SSSR count). The van der Waals surface area contributed by atoms with Gasteiger partial charge in [0.1, 0.15) is 0 Å². The van der Waals surface area contributed by atoms with Crippen LogP contribution in [0.3, 0.4) is 0 Å². The SMILES string of the molecule is CNc1ccccc1C(=O)O[C@@H](C)C(=O)Nc1ccc(N2CCOCC2)cc1. The smallest absolute Gasteiger partial charge is 0.341 e. The van der Waals surface area contributed by atoms with Gasteiger partial charge in [-0.2, -0.15) is 0 Å². The number of amides is 1. The highest BCUT2D eigenvalue weighted by Crippen LogP contribution is 2.20. The van der Waals surface area contributed by atoms with Gasteiger partial charge in [-0.15, -0.1) is 0 Å². The molecule has 1 aliphatic rings. The minimum atomic E-state index is -0.920. The van der Waals surface area contributed by atoms with E-state index in [0.29, 0.717) is 16.9 Å². The maximum absolute atomic E-state index is 12.4. The van der Waals surface area contributed by atoms with E-state index in [2.05, 4.69) is 15.5 Å². The summed E-state index contributed by atoms with van der Waals surface area (Å²) in [5, 5.41) is 5.72. The predicted octanol–water partition coefficient (Wildman–Crippen LogP) is 2.75. The average Bonchev–Trinajstić information content (AvgIpc) is 2.74. The summed E-state index contributed by atoms with van der Waals surface area (Å²) < 4.78 is 10.7. The molecule has 0 aromatic heterocycles. The zero-order chi connectivity index (χ0) is 19.9. The van der Waals surface area contributed by atoms with Crippen LogP contribution in [0.15, 0.2) is 48.5 Å². The molecule has 0 spiro atoms. The zero-order valence-electron chi connectivity index (χ0n) is 16.1. The molecule has 0 aliphatic carbocycles. The summed E-state index contributed by atoms with van der Waals surface area (Å²) in [6.07, 6.45) is -0.920. The highest BCUT2D eigenvalue weighted by atomic mass is 16.5. The molecule has 28 heavy (non-hydrogen) atoms. The summed E-state index contributed by atoms with van der Waals surface area (Å²) in [7, 11) is 1.73. The Balaban J connectivity index is 1.57. The van der Waals surface area contributed by atoms with Gasteiger partial charge in [0, 0.05) is 37.2 Å². The Bertz CT molecular complexity index is 817. The van der Waals surface area contributed by atoms with Crippen LogP contribution in [-0.4, -0.2) is 51.3 Å². The number of para-hydroxylation sites is 1. The Hall–Kier alpha value is -3.06. The number of anilines is 3. The van der Waals surface area contributed by atoms with Crippen LogP contribution in [0.5, 0.6) is 0 Å². The van der Waals surface area contributed by atoms with Gasteiger partial charge < -0.3 is 25.0 Å². The fourth-order valence-corrected chi connectivity index (χ4v) is 2.98. The number of ether oxygens (including phenoxy) is 2. The van der Waals surface area contributed by atoms with Crippen molar-refractivity contribution in [3.8, 4) is 0 Å². The first-order valence-electron chi connectivity index (χ1n) is 9.30. The van der Waals surface area contributed by atoms with Crippen molar-refractivity contribution in [2.45, 2.75) is 13.0 Å². The van der Waals surface area contributed by atoms with E-state index in [0.717, 1.165) is 32.0 Å². The number of esters is 1. The first-order chi connectivity index (χ1) is 13.6. The molecule has 1 aliphatic heterocycles. The monoisotopic (exact) mass is 383 g/mol. The van der Waals surface area contributed by atoms with E-state index < -0.39 is 12.1 Å².